The van der Waals surface area contributed by atoms with E-state index in [-0.39, 0.29) is 27.8 Å². The van der Waals surface area contributed by atoms with Crippen LogP contribution in [0.15, 0.2) is 11.1 Å². The van der Waals surface area contributed by atoms with E-state index >= 15 is 0 Å². The van der Waals surface area contributed by atoms with E-state index in [1.165, 1.54) is 38.5 Å². The molecule has 4 aliphatic rings. The summed E-state index contributed by atoms with van der Waals surface area (Å²) in [7, 11) is 0. The second kappa shape index (κ2) is 8.30. The fraction of sp³-hybridized carbons (Fsp3) is 0.935. The molecule has 0 aromatic carbocycles. The van der Waals surface area contributed by atoms with Crippen LogP contribution >= 0.6 is 0 Å². The Morgan fingerprint density at radius 2 is 1.59 bits per heavy atom. The smallest absolute Gasteiger partial charge is 0.131 e. The summed E-state index contributed by atoms with van der Waals surface area (Å²) in [5, 5.41) is 21.6. The molecule has 0 aliphatic heterocycles. The molecule has 34 heavy (non-hydrogen) atoms. The van der Waals surface area contributed by atoms with Crippen LogP contribution in [0.1, 0.15) is 120 Å². The number of allylic oxidation sites excluding steroid dienone is 2. The van der Waals surface area contributed by atoms with Crippen molar-refractivity contribution in [3.63, 3.8) is 0 Å². The number of rotatable bonds is 4. The van der Waals surface area contributed by atoms with Crippen LogP contribution < -0.4 is 0 Å². The Morgan fingerprint density at radius 3 is 2.21 bits per heavy atom. The standard InChI is InChI=1S/C31H53FO2/c1-19(18-23(33)26(32)27(2,3)4)20-12-16-31(9)22-10-11-24-28(5,6)25(34)14-15-29(24,7)21(22)13-17-30(20,31)8/h19-20,23-26,33-34H,10-18H2,1-9H3/t19-,20-,23?,24+,25+,26?,29-,30-,31+/m1/s1. The van der Waals surface area contributed by atoms with Crippen molar-refractivity contribution in [3.05, 3.63) is 11.1 Å². The molecule has 4 aliphatic carbocycles. The van der Waals surface area contributed by atoms with E-state index in [2.05, 4.69) is 41.5 Å². The molecule has 2 saturated carbocycles. The highest BCUT2D eigenvalue weighted by Crippen LogP contribution is 2.72. The molecule has 196 valence electrons. The van der Waals surface area contributed by atoms with Crippen molar-refractivity contribution >= 4 is 0 Å². The van der Waals surface area contributed by atoms with E-state index in [0.717, 1.165) is 12.8 Å². The summed E-state index contributed by atoms with van der Waals surface area (Å²) in [6.07, 6.45) is 7.51. The molecule has 0 aromatic heterocycles. The minimum atomic E-state index is -1.18. The number of hydrogen-bond donors (Lipinski definition) is 2. The lowest BCUT2D eigenvalue weighted by molar-refractivity contribution is -0.0966. The van der Waals surface area contributed by atoms with Gasteiger partial charge >= 0.3 is 0 Å². The second-order valence-corrected chi connectivity index (χ2v) is 15.3. The van der Waals surface area contributed by atoms with Gasteiger partial charge in [-0.15, -0.1) is 0 Å². The number of aliphatic hydroxyl groups is 2. The van der Waals surface area contributed by atoms with Gasteiger partial charge < -0.3 is 10.2 Å². The molecule has 3 heteroatoms. The Labute approximate surface area is 209 Å². The molecular formula is C31H53FO2. The third-order valence-corrected chi connectivity index (χ3v) is 12.3. The van der Waals surface area contributed by atoms with E-state index in [0.29, 0.717) is 24.2 Å². The van der Waals surface area contributed by atoms with Crippen LogP contribution in [-0.2, 0) is 0 Å². The summed E-state index contributed by atoms with van der Waals surface area (Å²) in [6, 6.07) is 0. The molecule has 0 bridgehead atoms. The molecule has 2 N–H and O–H groups in total. The Hall–Kier alpha value is -0.410. The summed E-state index contributed by atoms with van der Waals surface area (Å²) >= 11 is 0. The normalized spacial score (nSPS) is 44.6. The monoisotopic (exact) mass is 476 g/mol. The van der Waals surface area contributed by atoms with Gasteiger partial charge in [-0.05, 0) is 103 Å². The minimum absolute atomic E-state index is 0.0218. The lowest BCUT2D eigenvalue weighted by atomic mass is 9.43. The first-order valence-corrected chi connectivity index (χ1v) is 14.2. The van der Waals surface area contributed by atoms with Gasteiger partial charge in [0.2, 0.25) is 0 Å². The maximum atomic E-state index is 14.9. The third-order valence-electron chi connectivity index (χ3n) is 12.3. The van der Waals surface area contributed by atoms with Crippen LogP contribution in [0, 0.1) is 44.8 Å². The van der Waals surface area contributed by atoms with Crippen molar-refractivity contribution < 1.29 is 14.6 Å². The highest BCUT2D eigenvalue weighted by molar-refractivity contribution is 5.38. The maximum Gasteiger partial charge on any atom is 0.131 e. The minimum Gasteiger partial charge on any atom is -0.393 e. The first-order chi connectivity index (χ1) is 15.5. The highest BCUT2D eigenvalue weighted by atomic mass is 19.1. The lowest BCUT2D eigenvalue weighted by Crippen LogP contribution is -2.55. The molecule has 0 radical (unpaired) electrons. The van der Waals surface area contributed by atoms with Crippen LogP contribution in [0.2, 0.25) is 0 Å². The van der Waals surface area contributed by atoms with Crippen molar-refractivity contribution in [2.24, 2.45) is 44.8 Å². The molecule has 0 heterocycles. The van der Waals surface area contributed by atoms with Gasteiger partial charge in [0.25, 0.3) is 0 Å². The average molecular weight is 477 g/mol. The van der Waals surface area contributed by atoms with Crippen molar-refractivity contribution in [1.29, 1.82) is 0 Å². The Kier molecular flexibility index (Phi) is 6.51. The molecular weight excluding hydrogens is 423 g/mol. The zero-order valence-corrected chi connectivity index (χ0v) is 23.6. The Balaban J connectivity index is 1.62. The van der Waals surface area contributed by atoms with Gasteiger partial charge in [-0.3, -0.25) is 0 Å². The quantitative estimate of drug-likeness (QED) is 0.405. The molecule has 4 rings (SSSR count). The zero-order valence-electron chi connectivity index (χ0n) is 23.6. The summed E-state index contributed by atoms with van der Waals surface area (Å²) in [4.78, 5) is 0. The highest BCUT2D eigenvalue weighted by Gasteiger charge is 2.63. The second-order valence-electron chi connectivity index (χ2n) is 15.3. The van der Waals surface area contributed by atoms with Gasteiger partial charge in [0.15, 0.2) is 0 Å². The molecule has 2 nitrogen and oxygen atoms in total. The Bertz CT molecular complexity index is 824. The van der Waals surface area contributed by atoms with Crippen molar-refractivity contribution in [1.82, 2.24) is 0 Å². The van der Waals surface area contributed by atoms with Gasteiger partial charge in [0.05, 0.1) is 12.2 Å². The van der Waals surface area contributed by atoms with Gasteiger partial charge in [-0.1, -0.05) is 73.5 Å². The number of halogens is 1. The van der Waals surface area contributed by atoms with Gasteiger partial charge in [-0.25, -0.2) is 4.39 Å². The van der Waals surface area contributed by atoms with Crippen molar-refractivity contribution in [3.8, 4) is 0 Å². The summed E-state index contributed by atoms with van der Waals surface area (Å²) in [5.41, 5.74) is 3.59. The maximum absolute atomic E-state index is 14.9. The largest absolute Gasteiger partial charge is 0.393 e. The molecule has 0 aromatic rings. The molecule has 0 saturated heterocycles. The first kappa shape index (κ1) is 26.6. The number of aliphatic hydroxyl groups excluding tert-OH is 2. The molecule has 0 amide bonds. The van der Waals surface area contributed by atoms with Crippen LogP contribution in [0.5, 0.6) is 0 Å². The van der Waals surface area contributed by atoms with E-state index in [1.54, 1.807) is 11.1 Å². The van der Waals surface area contributed by atoms with Crippen LogP contribution in [0.25, 0.3) is 0 Å². The van der Waals surface area contributed by atoms with E-state index in [9.17, 15) is 14.6 Å². The molecule has 2 fully saturated rings. The van der Waals surface area contributed by atoms with Crippen molar-refractivity contribution in [2.75, 3.05) is 0 Å². The predicted octanol–water partition coefficient (Wildman–Crippen LogP) is 7.87. The van der Waals surface area contributed by atoms with E-state index in [4.69, 9.17) is 0 Å². The molecule has 0 spiro atoms. The topological polar surface area (TPSA) is 40.5 Å². The summed E-state index contributed by atoms with van der Waals surface area (Å²) in [6.45, 7) is 20.1. The van der Waals surface area contributed by atoms with Crippen LogP contribution in [-0.4, -0.2) is 28.6 Å². The summed E-state index contributed by atoms with van der Waals surface area (Å²) in [5.74, 6) is 1.41. The van der Waals surface area contributed by atoms with Crippen LogP contribution in [0.4, 0.5) is 4.39 Å². The number of hydrogen-bond acceptors (Lipinski definition) is 2. The van der Waals surface area contributed by atoms with E-state index in [1.807, 2.05) is 20.8 Å². The van der Waals surface area contributed by atoms with E-state index < -0.39 is 17.7 Å². The van der Waals surface area contributed by atoms with Crippen LogP contribution in [0.3, 0.4) is 0 Å². The SMILES string of the molecule is C[C@H](CC(O)C(F)C(C)(C)C)[C@H]1CC[C@@]2(C)C3=C(CC[C@]12C)[C@@]1(C)CC[C@H](O)C(C)(C)[C@@H]1CC3. The fourth-order valence-corrected chi connectivity index (χ4v) is 9.87. The van der Waals surface area contributed by atoms with Gasteiger partial charge in [0.1, 0.15) is 6.17 Å². The fourth-order valence-electron chi connectivity index (χ4n) is 9.87. The number of fused-ring (bicyclic) bond motifs is 4. The molecule has 2 unspecified atom stereocenters. The molecule has 9 atom stereocenters. The lowest BCUT2D eigenvalue weighted by Gasteiger charge is -2.62. The van der Waals surface area contributed by atoms with Gasteiger partial charge in [0, 0.05) is 0 Å². The van der Waals surface area contributed by atoms with Gasteiger partial charge in [-0.2, -0.15) is 0 Å². The third kappa shape index (κ3) is 3.68. The first-order valence-electron chi connectivity index (χ1n) is 14.2. The predicted molar refractivity (Wildman–Crippen MR) is 139 cm³/mol. The summed E-state index contributed by atoms with van der Waals surface area (Å²) < 4.78 is 14.9. The zero-order chi connectivity index (χ0) is 25.5. The van der Waals surface area contributed by atoms with Crippen molar-refractivity contribution in [2.45, 2.75) is 138 Å². The Morgan fingerprint density at radius 1 is 0.941 bits per heavy atom. The average Bonchev–Trinajstić information content (AvgIpc) is 3.01. The number of alkyl halides is 1.